The maximum absolute atomic E-state index is 12.4. The average Bonchev–Trinajstić information content (AvgIpc) is 2.96. The maximum atomic E-state index is 12.4. The van der Waals surface area contributed by atoms with E-state index in [1.54, 1.807) is 11.1 Å². The number of likely N-dealkylation sites (tertiary alicyclic amines) is 1. The molecule has 1 aliphatic rings. The summed E-state index contributed by atoms with van der Waals surface area (Å²) in [5, 5.41) is 3.88. The van der Waals surface area contributed by atoms with E-state index in [0.717, 1.165) is 5.03 Å². The lowest BCUT2D eigenvalue weighted by atomic mass is 10.0. The molecule has 156 valence electrons. The number of nitrogens with zero attached hydrogens (tertiary/aromatic N) is 2. The van der Waals surface area contributed by atoms with Gasteiger partial charge < -0.3 is 10.2 Å². The number of carbonyl (C=O) groups excluding carboxylic acids is 2. The van der Waals surface area contributed by atoms with Crippen LogP contribution >= 0.6 is 11.8 Å². The normalized spacial score (nSPS) is 19.8. The van der Waals surface area contributed by atoms with Crippen LogP contribution in [0.4, 0.5) is 0 Å². The summed E-state index contributed by atoms with van der Waals surface area (Å²) >= 11 is 1.52. The molecule has 28 heavy (non-hydrogen) atoms. The summed E-state index contributed by atoms with van der Waals surface area (Å²) < 4.78 is 24.1. The highest BCUT2D eigenvalue weighted by Gasteiger charge is 2.38. The molecule has 1 saturated heterocycles. The number of nitrogens with one attached hydrogen (secondary N) is 1. The second kappa shape index (κ2) is 9.73. The molecule has 1 fully saturated rings. The molecule has 2 amide bonds. The smallest absolute Gasteiger partial charge is 0.237 e. The van der Waals surface area contributed by atoms with Crippen LogP contribution < -0.4 is 5.32 Å². The lowest BCUT2D eigenvalue weighted by Crippen LogP contribution is -2.49. The van der Waals surface area contributed by atoms with E-state index in [-0.39, 0.29) is 23.5 Å². The fourth-order valence-corrected chi connectivity index (χ4v) is 5.70. The van der Waals surface area contributed by atoms with Gasteiger partial charge in [0.1, 0.15) is 5.75 Å². The molecular formula is C19H29N3O4S2. The van der Waals surface area contributed by atoms with Gasteiger partial charge in [0.25, 0.3) is 0 Å². The van der Waals surface area contributed by atoms with Crippen molar-refractivity contribution in [2.45, 2.75) is 44.2 Å². The van der Waals surface area contributed by atoms with Crippen molar-refractivity contribution in [3.63, 3.8) is 0 Å². The first-order valence-electron chi connectivity index (χ1n) is 9.42. The standard InChI is InChI=1S/C19H29N3O4S2/c1-15(2)12-28(25,26)13-18(24)22-10-8-19(3,14-22)21-16(23)7-11-27-17-6-4-5-9-20-17/h4-6,9,15H,7-8,10-14H2,1-3H3,(H,21,23). The molecule has 1 unspecified atom stereocenters. The molecule has 0 bridgehead atoms. The van der Waals surface area contributed by atoms with Gasteiger partial charge in [-0.2, -0.15) is 0 Å². The second-order valence-electron chi connectivity index (χ2n) is 7.89. The average molecular weight is 428 g/mol. The third-order valence-corrected chi connectivity index (χ3v) is 7.22. The Balaban J connectivity index is 1.78. The first-order valence-corrected chi connectivity index (χ1v) is 12.2. The zero-order valence-electron chi connectivity index (χ0n) is 16.7. The summed E-state index contributed by atoms with van der Waals surface area (Å²) in [7, 11) is -3.40. The number of rotatable bonds is 9. The van der Waals surface area contributed by atoms with Gasteiger partial charge in [-0.15, -0.1) is 11.8 Å². The van der Waals surface area contributed by atoms with E-state index in [9.17, 15) is 18.0 Å². The third kappa shape index (κ3) is 7.43. The number of carbonyl (C=O) groups is 2. The summed E-state index contributed by atoms with van der Waals surface area (Å²) in [5.41, 5.74) is -0.524. The molecule has 0 spiro atoms. The quantitative estimate of drug-likeness (QED) is 0.603. The molecule has 1 N–H and O–H groups in total. The fourth-order valence-electron chi connectivity index (χ4n) is 3.20. The predicted molar refractivity (Wildman–Crippen MR) is 111 cm³/mol. The molecule has 1 aromatic rings. The van der Waals surface area contributed by atoms with Crippen molar-refractivity contribution < 1.29 is 18.0 Å². The van der Waals surface area contributed by atoms with Gasteiger partial charge in [0.2, 0.25) is 11.8 Å². The number of pyridine rings is 1. The van der Waals surface area contributed by atoms with Crippen LogP contribution in [0.3, 0.4) is 0 Å². The summed E-state index contributed by atoms with van der Waals surface area (Å²) in [6, 6.07) is 5.65. The third-order valence-electron chi connectivity index (χ3n) is 4.41. The van der Waals surface area contributed by atoms with Gasteiger partial charge in [-0.3, -0.25) is 9.59 Å². The number of sulfone groups is 1. The number of aromatic nitrogens is 1. The van der Waals surface area contributed by atoms with Gasteiger partial charge in [-0.1, -0.05) is 19.9 Å². The first-order chi connectivity index (χ1) is 13.1. The van der Waals surface area contributed by atoms with E-state index in [0.29, 0.717) is 31.7 Å². The van der Waals surface area contributed by atoms with Crippen LogP contribution in [0.2, 0.25) is 0 Å². The van der Waals surface area contributed by atoms with Crippen LogP contribution in [0.5, 0.6) is 0 Å². The number of thioether (sulfide) groups is 1. The fraction of sp³-hybridized carbons (Fsp3) is 0.632. The summed E-state index contributed by atoms with van der Waals surface area (Å²) in [6.07, 6.45) is 2.69. The zero-order chi connectivity index (χ0) is 20.8. The highest BCUT2D eigenvalue weighted by molar-refractivity contribution is 7.99. The second-order valence-corrected chi connectivity index (χ2v) is 11.1. The molecule has 9 heteroatoms. The Morgan fingerprint density at radius 2 is 2.11 bits per heavy atom. The highest BCUT2D eigenvalue weighted by Crippen LogP contribution is 2.22. The number of hydrogen-bond donors (Lipinski definition) is 1. The van der Waals surface area contributed by atoms with Crippen molar-refractivity contribution in [3.8, 4) is 0 Å². The molecule has 0 radical (unpaired) electrons. The van der Waals surface area contributed by atoms with E-state index < -0.39 is 21.1 Å². The van der Waals surface area contributed by atoms with Crippen molar-refractivity contribution >= 4 is 33.4 Å². The number of amides is 2. The molecule has 0 aromatic carbocycles. The largest absolute Gasteiger partial charge is 0.349 e. The Labute approximate surface area is 171 Å². The highest BCUT2D eigenvalue weighted by atomic mass is 32.2. The van der Waals surface area contributed by atoms with Crippen LogP contribution in [0, 0.1) is 5.92 Å². The van der Waals surface area contributed by atoms with Crippen molar-refractivity contribution in [2.75, 3.05) is 30.3 Å². The minimum absolute atomic E-state index is 0.00845. The van der Waals surface area contributed by atoms with Crippen molar-refractivity contribution in [1.82, 2.24) is 15.2 Å². The lowest BCUT2D eigenvalue weighted by Gasteiger charge is -2.26. The first kappa shape index (κ1) is 22.7. The Morgan fingerprint density at radius 3 is 2.75 bits per heavy atom. The van der Waals surface area contributed by atoms with Gasteiger partial charge in [-0.05, 0) is 31.4 Å². The van der Waals surface area contributed by atoms with Crippen molar-refractivity contribution in [2.24, 2.45) is 5.92 Å². The van der Waals surface area contributed by atoms with Crippen LogP contribution in [0.15, 0.2) is 29.4 Å². The van der Waals surface area contributed by atoms with Crippen LogP contribution in [0.25, 0.3) is 0 Å². The molecule has 1 aliphatic heterocycles. The number of hydrogen-bond acceptors (Lipinski definition) is 6. The van der Waals surface area contributed by atoms with Crippen molar-refractivity contribution in [3.05, 3.63) is 24.4 Å². The maximum Gasteiger partial charge on any atom is 0.237 e. The monoisotopic (exact) mass is 427 g/mol. The SMILES string of the molecule is CC(C)CS(=O)(=O)CC(=O)N1CCC(C)(NC(=O)CCSc2ccccn2)C1. The Kier molecular flexibility index (Phi) is 7.88. The zero-order valence-corrected chi connectivity index (χ0v) is 18.3. The van der Waals surface area contributed by atoms with Gasteiger partial charge in [0.05, 0.1) is 16.3 Å². The molecular weight excluding hydrogens is 398 g/mol. The molecule has 7 nitrogen and oxygen atoms in total. The van der Waals surface area contributed by atoms with Gasteiger partial charge in [0.15, 0.2) is 9.84 Å². The van der Waals surface area contributed by atoms with E-state index in [1.165, 1.54) is 11.8 Å². The summed E-state index contributed by atoms with van der Waals surface area (Å²) in [6.45, 7) is 6.32. The predicted octanol–water partition coefficient (Wildman–Crippen LogP) is 1.74. The van der Waals surface area contributed by atoms with E-state index in [4.69, 9.17) is 0 Å². The summed E-state index contributed by atoms with van der Waals surface area (Å²) in [5.74, 6) is -0.304. The van der Waals surface area contributed by atoms with E-state index in [1.807, 2.05) is 39.0 Å². The van der Waals surface area contributed by atoms with Gasteiger partial charge in [-0.25, -0.2) is 13.4 Å². The van der Waals surface area contributed by atoms with Crippen LogP contribution in [-0.4, -0.2) is 66.0 Å². The molecule has 1 atom stereocenters. The molecule has 1 aromatic heterocycles. The lowest BCUT2D eigenvalue weighted by molar-refractivity contribution is -0.128. The van der Waals surface area contributed by atoms with Crippen molar-refractivity contribution in [1.29, 1.82) is 0 Å². The minimum atomic E-state index is -3.40. The van der Waals surface area contributed by atoms with E-state index in [2.05, 4.69) is 10.3 Å². The van der Waals surface area contributed by atoms with Gasteiger partial charge >= 0.3 is 0 Å². The molecule has 2 heterocycles. The minimum Gasteiger partial charge on any atom is -0.349 e. The Hall–Kier alpha value is -1.61. The summed E-state index contributed by atoms with van der Waals surface area (Å²) in [4.78, 5) is 30.4. The van der Waals surface area contributed by atoms with Gasteiger partial charge in [0, 0.05) is 31.5 Å². The molecule has 2 rings (SSSR count). The van der Waals surface area contributed by atoms with Crippen LogP contribution in [0.1, 0.15) is 33.6 Å². The topological polar surface area (TPSA) is 96.4 Å². The Bertz CT molecular complexity index is 784. The molecule has 0 aliphatic carbocycles. The van der Waals surface area contributed by atoms with E-state index >= 15 is 0 Å². The molecule has 0 saturated carbocycles. The van der Waals surface area contributed by atoms with Crippen LogP contribution in [-0.2, 0) is 19.4 Å². The Morgan fingerprint density at radius 1 is 1.36 bits per heavy atom.